The fourth-order valence-corrected chi connectivity index (χ4v) is 53.7. The third-order valence-electron chi connectivity index (χ3n) is 4.79. The summed E-state index contributed by atoms with van der Waals surface area (Å²) in [5.41, 5.74) is 4.91. The highest BCUT2D eigenvalue weighted by Gasteiger charge is 2.68. The van der Waals surface area contributed by atoms with Crippen LogP contribution in [-0.4, -0.2) is 32.3 Å². The fourth-order valence-electron chi connectivity index (χ4n) is 5.99. The molecule has 1 unspecified atom stereocenters. The van der Waals surface area contributed by atoms with E-state index in [4.69, 9.17) is 0 Å². The normalized spacial score (nSPS) is 17.5. The van der Waals surface area contributed by atoms with Crippen LogP contribution < -0.4 is 0 Å². The Hall–Kier alpha value is 0.0975. The molecule has 0 aliphatic rings. The molecule has 0 N–H and O–H groups in total. The van der Waals surface area contributed by atoms with Crippen molar-refractivity contribution in [1.82, 2.24) is 0 Å². The third-order valence-corrected chi connectivity index (χ3v) is 39.3. The summed E-state index contributed by atoms with van der Waals surface area (Å²) in [6.07, 6.45) is 0. The van der Waals surface area contributed by atoms with Crippen LogP contribution in [0.15, 0.2) is 12.3 Å². The maximum Gasteiger partial charge on any atom is 0.191 e. The van der Waals surface area contributed by atoms with Gasteiger partial charge in [-0.25, -0.2) is 5.26 Å². The van der Waals surface area contributed by atoms with E-state index in [0.717, 1.165) is 0 Å². The zero-order valence-corrected chi connectivity index (χ0v) is 18.7. The molecule has 0 saturated heterocycles. The monoisotopic (exact) mass is 327 g/mol. The summed E-state index contributed by atoms with van der Waals surface area (Å²) in [5, 5.41) is 10.0. The van der Waals surface area contributed by atoms with Crippen LogP contribution in [-0.2, 0) is 0 Å². The zero-order valence-electron chi connectivity index (χ0n) is 14.7. The summed E-state index contributed by atoms with van der Waals surface area (Å²) >= 11 is 0. The van der Waals surface area contributed by atoms with Crippen LogP contribution in [0.25, 0.3) is 0 Å². The Morgan fingerprint density at radius 2 is 1.05 bits per heavy atom. The number of hydrogen-bond donors (Lipinski definition) is 0. The van der Waals surface area contributed by atoms with E-state index in [1.807, 2.05) is 0 Å². The van der Waals surface area contributed by atoms with Crippen molar-refractivity contribution in [2.24, 2.45) is 0 Å². The molecule has 0 fully saturated rings. The molecule has 0 amide bonds. The molecule has 0 aromatic carbocycles. The lowest BCUT2D eigenvalue weighted by atomic mass is 11.3. The Labute approximate surface area is 125 Å². The predicted molar refractivity (Wildman–Crippen MR) is 100 cm³/mol. The molecule has 0 heterocycles. The maximum absolute atomic E-state index is 10.0. The minimum atomic E-state index is -2.13. The summed E-state index contributed by atoms with van der Waals surface area (Å²) in [4.78, 5) is 0. The Bertz CT molecular complexity index is 354. The molecule has 5 heteroatoms. The smallest absolute Gasteiger partial charge is 0.191 e. The van der Waals surface area contributed by atoms with Crippen molar-refractivity contribution in [1.29, 1.82) is 5.26 Å². The van der Waals surface area contributed by atoms with Crippen molar-refractivity contribution in [3.05, 3.63) is 12.3 Å². The number of hydrogen-bond acceptors (Lipinski definition) is 1. The molecular formula is C14H33NSi4. The van der Waals surface area contributed by atoms with Gasteiger partial charge in [0.25, 0.3) is 0 Å². The molecule has 0 aromatic rings. The highest BCUT2D eigenvalue weighted by atomic mass is 28.5. The Balaban J connectivity index is 6.82. The third kappa shape index (κ3) is 2.65. The van der Waals surface area contributed by atoms with E-state index in [1.165, 1.54) is 0 Å². The van der Waals surface area contributed by atoms with Crippen molar-refractivity contribution in [2.75, 3.05) is 0 Å². The molecular weight excluding hydrogens is 295 g/mol. The molecule has 0 spiro atoms. The Morgan fingerprint density at radius 3 is 1.11 bits per heavy atom. The summed E-state index contributed by atoms with van der Waals surface area (Å²) in [5.74, 6) is 0. The number of nitriles is 1. The summed E-state index contributed by atoms with van der Waals surface area (Å²) in [6, 6.07) is 0. The molecule has 0 bridgehead atoms. The van der Waals surface area contributed by atoms with Gasteiger partial charge in [0.05, 0.1) is 0 Å². The van der Waals surface area contributed by atoms with E-state index >= 15 is 0 Å². The van der Waals surface area contributed by atoms with E-state index in [1.54, 1.807) is 0 Å². The molecule has 110 valence electrons. The SMILES string of the molecule is C=C[Si](C)(C#N)C([Si](C)(C)C)([Si](C)(C)C)[Si](C)(C)C. The highest BCUT2D eigenvalue weighted by Crippen LogP contribution is 2.59. The van der Waals surface area contributed by atoms with Gasteiger partial charge in [-0.2, -0.15) is 0 Å². The van der Waals surface area contributed by atoms with Crippen LogP contribution in [0.4, 0.5) is 0 Å². The fraction of sp³-hybridized carbons (Fsp3) is 0.786. The first-order valence-electron chi connectivity index (χ1n) is 7.17. The minimum absolute atomic E-state index is 0.344. The lowest BCUT2D eigenvalue weighted by Crippen LogP contribution is -2.75. The quantitative estimate of drug-likeness (QED) is 0.635. The highest BCUT2D eigenvalue weighted by molar-refractivity contribution is 7.32. The first-order valence-corrected chi connectivity index (χ1v) is 20.2. The molecule has 0 aliphatic heterocycles. The summed E-state index contributed by atoms with van der Waals surface area (Å²) < 4.78 is 0.344. The predicted octanol–water partition coefficient (Wildman–Crippen LogP) is 5.23. The number of nitrogens with zero attached hydrogens (tertiary/aromatic N) is 1. The lowest BCUT2D eigenvalue weighted by Gasteiger charge is -2.63. The number of rotatable bonds is 5. The Morgan fingerprint density at radius 1 is 0.789 bits per heavy atom. The van der Waals surface area contributed by atoms with Gasteiger partial charge in [0, 0.05) is 29.9 Å². The van der Waals surface area contributed by atoms with Crippen LogP contribution in [0.5, 0.6) is 0 Å². The average Bonchev–Trinajstić information content (AvgIpc) is 2.10. The molecule has 1 nitrogen and oxygen atoms in total. The van der Waals surface area contributed by atoms with Crippen LogP contribution >= 0.6 is 0 Å². The van der Waals surface area contributed by atoms with E-state index < -0.39 is 32.3 Å². The average molecular weight is 328 g/mol. The van der Waals surface area contributed by atoms with Crippen molar-refractivity contribution < 1.29 is 0 Å². The molecule has 19 heavy (non-hydrogen) atoms. The standard InChI is InChI=1S/C14H33NSi4/c1-12-19(11,13-15)14(16(2,3)4,17(5,6)7)18(8,9)10/h12H,1H2,2-11H3. The van der Waals surface area contributed by atoms with E-state index in [9.17, 15) is 5.26 Å². The van der Waals surface area contributed by atoms with E-state index in [2.05, 4.69) is 83.4 Å². The summed E-state index contributed by atoms with van der Waals surface area (Å²) in [7, 11) is -6.61. The van der Waals surface area contributed by atoms with Gasteiger partial charge in [-0.15, -0.1) is 6.58 Å². The Kier molecular flexibility index (Phi) is 5.16. The van der Waals surface area contributed by atoms with Crippen molar-refractivity contribution in [3.63, 3.8) is 0 Å². The lowest BCUT2D eigenvalue weighted by molar-refractivity contribution is 1.19. The van der Waals surface area contributed by atoms with Gasteiger partial charge in [0.2, 0.25) is 0 Å². The van der Waals surface area contributed by atoms with Gasteiger partial charge >= 0.3 is 0 Å². The van der Waals surface area contributed by atoms with E-state index in [0.29, 0.717) is 3.91 Å². The van der Waals surface area contributed by atoms with Gasteiger partial charge in [-0.1, -0.05) is 71.2 Å². The van der Waals surface area contributed by atoms with Crippen molar-refractivity contribution in [2.45, 2.75) is 69.4 Å². The van der Waals surface area contributed by atoms with Gasteiger partial charge in [-0.05, 0) is 3.91 Å². The second-order valence-corrected chi connectivity index (χ2v) is 31.6. The van der Waals surface area contributed by atoms with Crippen molar-refractivity contribution >= 4 is 32.3 Å². The minimum Gasteiger partial charge on any atom is -0.206 e. The van der Waals surface area contributed by atoms with Crippen LogP contribution in [0.3, 0.4) is 0 Å². The topological polar surface area (TPSA) is 23.8 Å². The van der Waals surface area contributed by atoms with Crippen LogP contribution in [0.2, 0.25) is 69.4 Å². The molecule has 0 saturated carbocycles. The van der Waals surface area contributed by atoms with E-state index in [-0.39, 0.29) is 0 Å². The van der Waals surface area contributed by atoms with Gasteiger partial charge in [-0.3, -0.25) is 0 Å². The largest absolute Gasteiger partial charge is 0.206 e. The van der Waals surface area contributed by atoms with Crippen molar-refractivity contribution in [3.8, 4) is 5.69 Å². The van der Waals surface area contributed by atoms with Gasteiger partial charge in [0.1, 0.15) is 0 Å². The first-order chi connectivity index (χ1) is 8.12. The zero-order chi connectivity index (χ0) is 15.9. The van der Waals surface area contributed by atoms with Gasteiger partial charge < -0.3 is 0 Å². The molecule has 0 rings (SSSR count). The molecule has 1 atom stereocenters. The van der Waals surface area contributed by atoms with Crippen LogP contribution in [0.1, 0.15) is 0 Å². The second-order valence-electron chi connectivity index (χ2n) is 9.02. The molecule has 0 radical (unpaired) electrons. The van der Waals surface area contributed by atoms with Gasteiger partial charge in [0.15, 0.2) is 8.07 Å². The second kappa shape index (κ2) is 5.14. The molecule has 0 aliphatic carbocycles. The summed E-state index contributed by atoms with van der Waals surface area (Å²) in [6.45, 7) is 28.9. The molecule has 0 aromatic heterocycles. The first kappa shape index (κ1) is 19.1. The maximum atomic E-state index is 10.0. The van der Waals surface area contributed by atoms with Crippen LogP contribution in [0, 0.1) is 11.0 Å².